The summed E-state index contributed by atoms with van der Waals surface area (Å²) in [4.78, 5) is 11.8. The Morgan fingerprint density at radius 3 is 2.53 bits per heavy atom. The smallest absolute Gasteiger partial charge is 0.200 e. The zero-order valence-corrected chi connectivity index (χ0v) is 10.4. The van der Waals surface area contributed by atoms with E-state index in [1.807, 2.05) is 0 Å². The van der Waals surface area contributed by atoms with Gasteiger partial charge in [-0.3, -0.25) is 4.79 Å². The number of methoxy groups -OCH3 is 1. The molecule has 2 rings (SSSR count). The predicted molar refractivity (Wildman–Crippen MR) is 69.2 cm³/mol. The van der Waals surface area contributed by atoms with Crippen molar-refractivity contribution in [2.24, 2.45) is 0 Å². The van der Waals surface area contributed by atoms with Crippen LogP contribution in [-0.4, -0.2) is 19.5 Å². The van der Waals surface area contributed by atoms with Crippen LogP contribution in [0.25, 0.3) is 0 Å². The van der Waals surface area contributed by atoms with E-state index in [-0.39, 0.29) is 18.0 Å². The number of Topliss-reactive ketones (excluding diaryl/α,β-unsaturated/α-hetero) is 1. The van der Waals surface area contributed by atoms with E-state index in [0.29, 0.717) is 11.5 Å². The second kappa shape index (κ2) is 6.00. The minimum absolute atomic E-state index is 0.163. The topological polar surface area (TPSA) is 35.5 Å². The molecule has 0 aliphatic heterocycles. The van der Waals surface area contributed by atoms with Crippen LogP contribution in [0.4, 0.5) is 4.39 Å². The summed E-state index contributed by atoms with van der Waals surface area (Å²) in [6.07, 6.45) is 0. The molecule has 0 amide bonds. The first kappa shape index (κ1) is 13.1. The first-order chi connectivity index (χ1) is 9.20. The Kier molecular flexibility index (Phi) is 4.13. The zero-order valence-electron chi connectivity index (χ0n) is 10.4. The van der Waals surface area contributed by atoms with Gasteiger partial charge < -0.3 is 9.47 Å². The summed E-state index contributed by atoms with van der Waals surface area (Å²) in [6.45, 7) is -0.163. The second-order valence-electron chi connectivity index (χ2n) is 3.87. The third kappa shape index (κ3) is 3.31. The summed E-state index contributed by atoms with van der Waals surface area (Å²) in [7, 11) is 1.52. The first-order valence-electron chi connectivity index (χ1n) is 5.75. The van der Waals surface area contributed by atoms with E-state index in [0.717, 1.165) is 0 Å². The number of benzene rings is 2. The maximum absolute atomic E-state index is 13.0. The number of para-hydroxylation sites is 2. The predicted octanol–water partition coefficient (Wildman–Crippen LogP) is 3.10. The molecule has 98 valence electrons. The normalized spacial score (nSPS) is 10.0. The van der Waals surface area contributed by atoms with Crippen molar-refractivity contribution in [1.29, 1.82) is 0 Å². The number of carbonyl (C=O) groups is 1. The van der Waals surface area contributed by atoms with Gasteiger partial charge in [0.15, 0.2) is 23.9 Å². The third-order valence-electron chi connectivity index (χ3n) is 2.57. The number of rotatable bonds is 5. The van der Waals surface area contributed by atoms with Crippen LogP contribution in [0.1, 0.15) is 10.4 Å². The maximum atomic E-state index is 13.0. The molecule has 0 bridgehead atoms. The summed E-state index contributed by atoms with van der Waals surface area (Å²) < 4.78 is 23.5. The summed E-state index contributed by atoms with van der Waals surface area (Å²) >= 11 is 0. The number of halogens is 1. The van der Waals surface area contributed by atoms with Crippen molar-refractivity contribution in [1.82, 2.24) is 0 Å². The SMILES string of the molecule is COc1ccccc1OCC(=O)c1cccc(F)c1. The molecule has 0 atom stereocenters. The highest BCUT2D eigenvalue weighted by molar-refractivity contribution is 5.97. The Morgan fingerprint density at radius 2 is 1.84 bits per heavy atom. The van der Waals surface area contributed by atoms with Crippen molar-refractivity contribution < 1.29 is 18.7 Å². The first-order valence-corrected chi connectivity index (χ1v) is 5.75. The molecule has 0 spiro atoms. The van der Waals surface area contributed by atoms with Crippen molar-refractivity contribution in [3.63, 3.8) is 0 Å². The molecular weight excluding hydrogens is 247 g/mol. The molecule has 0 saturated carbocycles. The molecule has 0 N–H and O–H groups in total. The second-order valence-corrected chi connectivity index (χ2v) is 3.87. The third-order valence-corrected chi connectivity index (χ3v) is 2.57. The fourth-order valence-electron chi connectivity index (χ4n) is 1.63. The van der Waals surface area contributed by atoms with Crippen molar-refractivity contribution >= 4 is 5.78 Å². The van der Waals surface area contributed by atoms with Gasteiger partial charge >= 0.3 is 0 Å². The fraction of sp³-hybridized carbons (Fsp3) is 0.133. The van der Waals surface area contributed by atoms with E-state index in [4.69, 9.17) is 9.47 Å². The molecule has 0 saturated heterocycles. The maximum Gasteiger partial charge on any atom is 0.200 e. The molecule has 0 aliphatic carbocycles. The van der Waals surface area contributed by atoms with Gasteiger partial charge in [0.2, 0.25) is 0 Å². The largest absolute Gasteiger partial charge is 0.493 e. The van der Waals surface area contributed by atoms with Crippen LogP contribution in [0.3, 0.4) is 0 Å². The van der Waals surface area contributed by atoms with E-state index >= 15 is 0 Å². The van der Waals surface area contributed by atoms with Crippen LogP contribution >= 0.6 is 0 Å². The average Bonchev–Trinajstić information content (AvgIpc) is 2.45. The highest BCUT2D eigenvalue weighted by Crippen LogP contribution is 2.25. The molecule has 19 heavy (non-hydrogen) atoms. The lowest BCUT2D eigenvalue weighted by Crippen LogP contribution is -2.12. The van der Waals surface area contributed by atoms with Crippen LogP contribution in [0.5, 0.6) is 11.5 Å². The van der Waals surface area contributed by atoms with Crippen molar-refractivity contribution in [3.8, 4) is 11.5 Å². The van der Waals surface area contributed by atoms with Crippen LogP contribution in [-0.2, 0) is 0 Å². The van der Waals surface area contributed by atoms with E-state index in [2.05, 4.69) is 0 Å². The van der Waals surface area contributed by atoms with Crippen molar-refractivity contribution in [3.05, 3.63) is 59.9 Å². The van der Waals surface area contributed by atoms with Crippen LogP contribution in [0, 0.1) is 5.82 Å². The van der Waals surface area contributed by atoms with Gasteiger partial charge in [-0.25, -0.2) is 4.39 Å². The molecule has 0 heterocycles. The molecule has 0 fully saturated rings. The molecule has 0 aromatic heterocycles. The van der Waals surface area contributed by atoms with Crippen LogP contribution in [0.2, 0.25) is 0 Å². The van der Waals surface area contributed by atoms with Gasteiger partial charge in [-0.1, -0.05) is 24.3 Å². The Hall–Kier alpha value is -2.36. The quantitative estimate of drug-likeness (QED) is 0.775. The highest BCUT2D eigenvalue weighted by atomic mass is 19.1. The van der Waals surface area contributed by atoms with Crippen LogP contribution < -0.4 is 9.47 Å². The lowest BCUT2D eigenvalue weighted by Gasteiger charge is -2.09. The van der Waals surface area contributed by atoms with Gasteiger partial charge in [-0.05, 0) is 24.3 Å². The summed E-state index contributed by atoms with van der Waals surface area (Å²) in [5.41, 5.74) is 0.287. The number of hydrogen-bond donors (Lipinski definition) is 0. The number of ketones is 1. The highest BCUT2D eigenvalue weighted by Gasteiger charge is 2.09. The lowest BCUT2D eigenvalue weighted by molar-refractivity contribution is 0.0919. The number of carbonyl (C=O) groups excluding carboxylic acids is 1. The summed E-state index contributed by atoms with van der Waals surface area (Å²) in [5.74, 6) is 0.304. The van der Waals surface area contributed by atoms with Crippen LogP contribution in [0.15, 0.2) is 48.5 Å². The summed E-state index contributed by atoms with van der Waals surface area (Å²) in [5, 5.41) is 0. The van der Waals surface area contributed by atoms with E-state index in [1.54, 1.807) is 30.3 Å². The fourth-order valence-corrected chi connectivity index (χ4v) is 1.63. The van der Waals surface area contributed by atoms with Gasteiger partial charge in [-0.15, -0.1) is 0 Å². The number of hydrogen-bond acceptors (Lipinski definition) is 3. The lowest BCUT2D eigenvalue weighted by atomic mass is 10.1. The Bertz CT molecular complexity index is 581. The van der Waals surface area contributed by atoms with E-state index in [9.17, 15) is 9.18 Å². The molecule has 3 nitrogen and oxygen atoms in total. The molecular formula is C15H13FO3. The van der Waals surface area contributed by atoms with Gasteiger partial charge in [0, 0.05) is 5.56 Å². The van der Waals surface area contributed by atoms with Crippen molar-refractivity contribution in [2.75, 3.05) is 13.7 Å². The zero-order chi connectivity index (χ0) is 13.7. The van der Waals surface area contributed by atoms with Gasteiger partial charge in [0.25, 0.3) is 0 Å². The molecule has 0 unspecified atom stereocenters. The minimum atomic E-state index is -0.442. The molecule has 4 heteroatoms. The summed E-state index contributed by atoms with van der Waals surface area (Å²) in [6, 6.07) is 12.6. The monoisotopic (exact) mass is 260 g/mol. The molecule has 0 radical (unpaired) electrons. The standard InChI is InChI=1S/C15H13FO3/c1-18-14-7-2-3-8-15(14)19-10-13(17)11-5-4-6-12(16)9-11/h2-9H,10H2,1H3. The van der Waals surface area contributed by atoms with Crippen molar-refractivity contribution in [2.45, 2.75) is 0 Å². The molecule has 2 aromatic rings. The Balaban J connectivity index is 2.04. The average molecular weight is 260 g/mol. The number of ether oxygens (including phenoxy) is 2. The van der Waals surface area contributed by atoms with E-state index in [1.165, 1.54) is 25.3 Å². The van der Waals surface area contributed by atoms with Gasteiger partial charge in [0.1, 0.15) is 5.82 Å². The Labute approximate surface area is 110 Å². The van der Waals surface area contributed by atoms with E-state index < -0.39 is 5.82 Å². The minimum Gasteiger partial charge on any atom is -0.493 e. The molecule has 2 aromatic carbocycles. The molecule has 0 aliphatic rings. The van der Waals surface area contributed by atoms with Gasteiger partial charge in [-0.2, -0.15) is 0 Å². The Morgan fingerprint density at radius 1 is 1.11 bits per heavy atom. The van der Waals surface area contributed by atoms with Gasteiger partial charge in [0.05, 0.1) is 7.11 Å².